The highest BCUT2D eigenvalue weighted by molar-refractivity contribution is 5.93. The summed E-state index contributed by atoms with van der Waals surface area (Å²) in [7, 11) is 3.21. The highest BCUT2D eigenvalue weighted by Gasteiger charge is 2.14. The molecule has 0 bridgehead atoms. The van der Waals surface area contributed by atoms with E-state index >= 15 is 0 Å². The molecule has 8 heteroatoms. The summed E-state index contributed by atoms with van der Waals surface area (Å²) in [5, 5.41) is 12.5. The number of furan rings is 1. The quantitative estimate of drug-likeness (QED) is 0.524. The van der Waals surface area contributed by atoms with Crippen LogP contribution in [-0.2, 0) is 6.42 Å². The van der Waals surface area contributed by atoms with Crippen molar-refractivity contribution < 1.29 is 28.6 Å². The molecule has 3 aromatic rings. The number of carboxylic acid groups (broad SMARTS) is 1. The van der Waals surface area contributed by atoms with Crippen molar-refractivity contribution in [1.29, 1.82) is 0 Å². The largest absolute Gasteiger partial charge is 0.497 e. The Hall–Kier alpha value is -3.42. The molecule has 1 aromatic carbocycles. The monoisotopic (exact) mass is 372 g/mol. The fourth-order valence-corrected chi connectivity index (χ4v) is 2.80. The number of carbonyl (C=O) groups is 2. The van der Waals surface area contributed by atoms with Crippen LogP contribution in [0.5, 0.6) is 11.5 Å². The molecule has 3 rings (SSSR count). The van der Waals surface area contributed by atoms with Crippen LogP contribution in [0.25, 0.3) is 10.9 Å². The Bertz CT molecular complexity index is 972. The SMILES string of the molecule is COc1cc(OC)c2cc(CCCNC(=O)c3ccc(C(=O)O)o3)[nH]c2c1. The summed E-state index contributed by atoms with van der Waals surface area (Å²) in [6.45, 7) is 0.428. The van der Waals surface area contributed by atoms with Gasteiger partial charge in [0.05, 0.1) is 19.7 Å². The van der Waals surface area contributed by atoms with E-state index in [0.717, 1.165) is 28.8 Å². The second-order valence-electron chi connectivity index (χ2n) is 5.91. The summed E-state index contributed by atoms with van der Waals surface area (Å²) in [6.07, 6.45) is 1.42. The Morgan fingerprint density at radius 2 is 1.93 bits per heavy atom. The van der Waals surface area contributed by atoms with Gasteiger partial charge in [-0.25, -0.2) is 4.79 Å². The highest BCUT2D eigenvalue weighted by atomic mass is 16.5. The molecule has 0 aliphatic rings. The zero-order chi connectivity index (χ0) is 19.4. The molecule has 0 saturated heterocycles. The van der Waals surface area contributed by atoms with Gasteiger partial charge in [0.25, 0.3) is 5.91 Å². The number of aromatic amines is 1. The summed E-state index contributed by atoms with van der Waals surface area (Å²) in [5.74, 6) is -0.491. The lowest BCUT2D eigenvalue weighted by Gasteiger charge is -2.04. The lowest BCUT2D eigenvalue weighted by molar-refractivity contribution is 0.0659. The van der Waals surface area contributed by atoms with Gasteiger partial charge in [0, 0.05) is 29.8 Å². The lowest BCUT2D eigenvalue weighted by atomic mass is 10.2. The van der Waals surface area contributed by atoms with Crippen molar-refractivity contribution in [3.63, 3.8) is 0 Å². The number of benzene rings is 1. The third kappa shape index (κ3) is 4.05. The molecule has 0 saturated carbocycles. The zero-order valence-electron chi connectivity index (χ0n) is 15.0. The van der Waals surface area contributed by atoms with Crippen LogP contribution in [0.3, 0.4) is 0 Å². The molecule has 3 N–H and O–H groups in total. The first-order valence-corrected chi connectivity index (χ1v) is 8.36. The van der Waals surface area contributed by atoms with E-state index in [9.17, 15) is 9.59 Å². The normalized spacial score (nSPS) is 10.7. The maximum absolute atomic E-state index is 12.0. The molecular weight excluding hydrogens is 352 g/mol. The second-order valence-corrected chi connectivity index (χ2v) is 5.91. The Morgan fingerprint density at radius 1 is 1.15 bits per heavy atom. The first kappa shape index (κ1) is 18.4. The van der Waals surface area contributed by atoms with E-state index in [0.29, 0.717) is 18.7 Å². The fourth-order valence-electron chi connectivity index (χ4n) is 2.80. The molecule has 8 nitrogen and oxygen atoms in total. The predicted molar refractivity (Wildman–Crippen MR) is 97.7 cm³/mol. The number of carbonyl (C=O) groups excluding carboxylic acids is 1. The number of fused-ring (bicyclic) bond motifs is 1. The molecule has 2 aromatic heterocycles. The van der Waals surface area contributed by atoms with Crippen molar-refractivity contribution in [1.82, 2.24) is 10.3 Å². The third-order valence-corrected chi connectivity index (χ3v) is 4.13. The average Bonchev–Trinajstić information content (AvgIpc) is 3.31. The van der Waals surface area contributed by atoms with Crippen molar-refractivity contribution in [2.45, 2.75) is 12.8 Å². The van der Waals surface area contributed by atoms with Gasteiger partial charge >= 0.3 is 5.97 Å². The van der Waals surface area contributed by atoms with Gasteiger partial charge in [-0.05, 0) is 31.0 Å². The van der Waals surface area contributed by atoms with Crippen LogP contribution in [0.1, 0.15) is 33.2 Å². The number of hydrogen-bond donors (Lipinski definition) is 3. The standard InChI is InChI=1S/C19H20N2O6/c1-25-12-9-14-13(17(10-12)26-2)8-11(21-14)4-3-7-20-18(22)15-5-6-16(27-15)19(23)24/h5-6,8-10,21H,3-4,7H2,1-2H3,(H,20,22)(H,23,24). The van der Waals surface area contributed by atoms with Crippen LogP contribution in [0.4, 0.5) is 0 Å². The number of nitrogens with one attached hydrogen (secondary N) is 2. The topological polar surface area (TPSA) is 114 Å². The molecule has 27 heavy (non-hydrogen) atoms. The van der Waals surface area contributed by atoms with Crippen LogP contribution >= 0.6 is 0 Å². The summed E-state index contributed by atoms with van der Waals surface area (Å²) >= 11 is 0. The predicted octanol–water partition coefficient (Wildman–Crippen LogP) is 2.84. The average molecular weight is 372 g/mol. The Morgan fingerprint density at radius 3 is 2.59 bits per heavy atom. The van der Waals surface area contributed by atoms with Crippen molar-refractivity contribution in [3.05, 3.63) is 47.5 Å². The van der Waals surface area contributed by atoms with Gasteiger partial charge in [0.15, 0.2) is 5.76 Å². The molecule has 1 amide bonds. The first-order chi connectivity index (χ1) is 13.0. The molecule has 0 unspecified atom stereocenters. The first-order valence-electron chi connectivity index (χ1n) is 8.36. The van der Waals surface area contributed by atoms with Crippen molar-refractivity contribution in [3.8, 4) is 11.5 Å². The number of ether oxygens (including phenoxy) is 2. The summed E-state index contributed by atoms with van der Waals surface area (Å²) in [5.41, 5.74) is 1.93. The molecule has 0 radical (unpaired) electrons. The Labute approximate surface area is 155 Å². The molecule has 0 spiro atoms. The van der Waals surface area contributed by atoms with Gasteiger partial charge in [-0.3, -0.25) is 4.79 Å². The molecular formula is C19H20N2O6. The number of aryl methyl sites for hydroxylation is 1. The number of rotatable bonds is 8. The summed E-state index contributed by atoms with van der Waals surface area (Å²) in [6, 6.07) is 8.34. The van der Waals surface area contributed by atoms with Crippen LogP contribution in [0.2, 0.25) is 0 Å². The van der Waals surface area contributed by atoms with Gasteiger partial charge in [-0.1, -0.05) is 0 Å². The molecule has 0 aliphatic heterocycles. The number of H-pyrrole nitrogens is 1. The van der Waals surface area contributed by atoms with E-state index in [-0.39, 0.29) is 11.5 Å². The van der Waals surface area contributed by atoms with Crippen LogP contribution in [0, 0.1) is 0 Å². The maximum Gasteiger partial charge on any atom is 0.371 e. The van der Waals surface area contributed by atoms with Gasteiger partial charge in [-0.15, -0.1) is 0 Å². The van der Waals surface area contributed by atoms with Crippen LogP contribution in [-0.4, -0.2) is 42.7 Å². The second kappa shape index (κ2) is 7.86. The van der Waals surface area contributed by atoms with E-state index in [1.54, 1.807) is 14.2 Å². The number of aromatic carboxylic acids is 1. The van der Waals surface area contributed by atoms with Crippen molar-refractivity contribution in [2.75, 3.05) is 20.8 Å². The molecule has 0 aliphatic carbocycles. The molecule has 2 heterocycles. The van der Waals surface area contributed by atoms with Gasteiger partial charge < -0.3 is 29.3 Å². The fraction of sp³-hybridized carbons (Fsp3) is 0.263. The number of aromatic nitrogens is 1. The lowest BCUT2D eigenvalue weighted by Crippen LogP contribution is -2.24. The Kier molecular flexibility index (Phi) is 5.35. The number of carboxylic acids is 1. The molecule has 0 atom stereocenters. The van der Waals surface area contributed by atoms with Gasteiger partial charge in [0.1, 0.15) is 11.5 Å². The number of amides is 1. The van der Waals surface area contributed by atoms with E-state index < -0.39 is 11.9 Å². The minimum absolute atomic E-state index is 0.0187. The van der Waals surface area contributed by atoms with Gasteiger partial charge in [0.2, 0.25) is 5.76 Å². The zero-order valence-corrected chi connectivity index (χ0v) is 15.0. The molecule has 142 valence electrons. The smallest absolute Gasteiger partial charge is 0.371 e. The Balaban J connectivity index is 1.57. The van der Waals surface area contributed by atoms with Gasteiger partial charge in [-0.2, -0.15) is 0 Å². The van der Waals surface area contributed by atoms with Crippen LogP contribution < -0.4 is 14.8 Å². The van der Waals surface area contributed by atoms with Crippen LogP contribution in [0.15, 0.2) is 34.7 Å². The number of hydrogen-bond acceptors (Lipinski definition) is 5. The third-order valence-electron chi connectivity index (χ3n) is 4.13. The van der Waals surface area contributed by atoms with E-state index in [2.05, 4.69) is 10.3 Å². The summed E-state index contributed by atoms with van der Waals surface area (Å²) < 4.78 is 15.6. The van der Waals surface area contributed by atoms with Crippen molar-refractivity contribution >= 4 is 22.8 Å². The minimum atomic E-state index is -1.21. The highest BCUT2D eigenvalue weighted by Crippen LogP contribution is 2.31. The number of methoxy groups -OCH3 is 2. The molecule has 0 fully saturated rings. The van der Waals surface area contributed by atoms with Crippen molar-refractivity contribution in [2.24, 2.45) is 0 Å². The van der Waals surface area contributed by atoms with E-state index in [1.165, 1.54) is 12.1 Å². The van der Waals surface area contributed by atoms with E-state index in [4.69, 9.17) is 19.0 Å². The minimum Gasteiger partial charge on any atom is -0.497 e. The van der Waals surface area contributed by atoms with E-state index in [1.807, 2.05) is 18.2 Å². The summed E-state index contributed by atoms with van der Waals surface area (Å²) in [4.78, 5) is 26.0. The maximum atomic E-state index is 12.0.